The van der Waals surface area contributed by atoms with Gasteiger partial charge in [0.15, 0.2) is 0 Å². The van der Waals surface area contributed by atoms with E-state index in [0.29, 0.717) is 0 Å². The second-order valence-electron chi connectivity index (χ2n) is 5.13. The van der Waals surface area contributed by atoms with Gasteiger partial charge in [-0.25, -0.2) is 18.4 Å². The summed E-state index contributed by atoms with van der Waals surface area (Å²) in [5.74, 6) is -0.162. The van der Waals surface area contributed by atoms with Crippen molar-refractivity contribution in [1.29, 1.82) is 0 Å². The smallest absolute Gasteiger partial charge is 0.247 e. The van der Waals surface area contributed by atoms with E-state index < -0.39 is 9.84 Å². The van der Waals surface area contributed by atoms with Crippen LogP contribution in [0.5, 0.6) is 0 Å². The molecule has 0 aliphatic heterocycles. The number of hydrogen-bond donors (Lipinski definition) is 1. The monoisotopic (exact) mass is 297 g/mol. The Morgan fingerprint density at radius 1 is 1.30 bits per heavy atom. The summed E-state index contributed by atoms with van der Waals surface area (Å²) in [5.41, 5.74) is 0.804. The highest BCUT2D eigenvalue weighted by atomic mass is 32.2. The number of hydrogen-bond acceptors (Lipinski definition) is 5. The summed E-state index contributed by atoms with van der Waals surface area (Å²) in [4.78, 5) is 19.4. The molecule has 0 radical (unpaired) electrons. The molecule has 0 unspecified atom stereocenters. The number of nitrogens with zero attached hydrogens (tertiary/aromatic N) is 2. The van der Waals surface area contributed by atoms with Gasteiger partial charge < -0.3 is 5.32 Å². The topological polar surface area (TPSA) is 89.0 Å². The van der Waals surface area contributed by atoms with Gasteiger partial charge in [-0.1, -0.05) is 12.8 Å². The van der Waals surface area contributed by atoms with Crippen molar-refractivity contribution < 1.29 is 13.2 Å². The molecule has 0 atom stereocenters. The van der Waals surface area contributed by atoms with Crippen molar-refractivity contribution in [2.24, 2.45) is 5.92 Å². The first kappa shape index (κ1) is 14.9. The minimum atomic E-state index is -3.53. The second kappa shape index (κ2) is 6.30. The molecule has 1 heterocycles. The lowest BCUT2D eigenvalue weighted by molar-refractivity contribution is -0.124. The molecule has 1 saturated carbocycles. The van der Waals surface area contributed by atoms with E-state index in [1.165, 1.54) is 12.4 Å². The summed E-state index contributed by atoms with van der Waals surface area (Å²) in [6.45, 7) is 1.90. The van der Waals surface area contributed by atoms with Gasteiger partial charge in [0.25, 0.3) is 0 Å². The summed E-state index contributed by atoms with van der Waals surface area (Å²) in [5, 5.41) is 2.51. The maximum atomic E-state index is 12.0. The van der Waals surface area contributed by atoms with E-state index in [0.717, 1.165) is 31.2 Å². The summed E-state index contributed by atoms with van der Waals surface area (Å²) in [7, 11) is -3.53. The SMILES string of the molecule is Cc1cnc(S(=O)(=O)CCNC(=O)C2CCCC2)nc1. The van der Waals surface area contributed by atoms with Crippen LogP contribution < -0.4 is 5.32 Å². The molecule has 0 spiro atoms. The van der Waals surface area contributed by atoms with E-state index in [9.17, 15) is 13.2 Å². The fourth-order valence-electron chi connectivity index (χ4n) is 2.27. The number of amides is 1. The van der Waals surface area contributed by atoms with Crippen LogP contribution in [-0.2, 0) is 14.6 Å². The standard InChI is InChI=1S/C13H19N3O3S/c1-10-8-15-13(16-9-10)20(18,19)7-6-14-12(17)11-4-2-3-5-11/h8-9,11H,2-7H2,1H3,(H,14,17). The van der Waals surface area contributed by atoms with Crippen molar-refractivity contribution in [1.82, 2.24) is 15.3 Å². The van der Waals surface area contributed by atoms with Gasteiger partial charge in [0, 0.05) is 24.9 Å². The van der Waals surface area contributed by atoms with Gasteiger partial charge in [-0.05, 0) is 25.3 Å². The van der Waals surface area contributed by atoms with Crippen molar-refractivity contribution in [3.05, 3.63) is 18.0 Å². The first-order valence-electron chi connectivity index (χ1n) is 6.78. The lowest BCUT2D eigenvalue weighted by atomic mass is 10.1. The number of carbonyl (C=O) groups is 1. The molecule has 1 aliphatic rings. The van der Waals surface area contributed by atoms with Gasteiger partial charge in [-0.3, -0.25) is 4.79 Å². The van der Waals surface area contributed by atoms with Crippen LogP contribution in [-0.4, -0.2) is 36.6 Å². The minimum Gasteiger partial charge on any atom is -0.355 e. The van der Waals surface area contributed by atoms with Crippen molar-refractivity contribution >= 4 is 15.7 Å². The number of nitrogens with one attached hydrogen (secondary N) is 1. The third kappa shape index (κ3) is 3.75. The van der Waals surface area contributed by atoms with E-state index >= 15 is 0 Å². The quantitative estimate of drug-likeness (QED) is 0.814. The molecule has 1 amide bonds. The number of aromatic nitrogens is 2. The molecule has 6 nitrogen and oxygen atoms in total. The Morgan fingerprint density at radius 3 is 2.50 bits per heavy atom. The lowest BCUT2D eigenvalue weighted by Gasteiger charge is -2.10. The van der Waals surface area contributed by atoms with Crippen molar-refractivity contribution in [3.63, 3.8) is 0 Å². The Labute approximate surface area is 118 Å². The van der Waals surface area contributed by atoms with Gasteiger partial charge in [0.1, 0.15) is 0 Å². The highest BCUT2D eigenvalue weighted by Gasteiger charge is 2.23. The second-order valence-corrected chi connectivity index (χ2v) is 7.14. The Balaban J connectivity index is 1.86. The molecule has 1 fully saturated rings. The fourth-order valence-corrected chi connectivity index (χ4v) is 3.25. The van der Waals surface area contributed by atoms with Crippen LogP contribution in [0.25, 0.3) is 0 Å². The molecule has 0 aromatic carbocycles. The van der Waals surface area contributed by atoms with Gasteiger partial charge >= 0.3 is 0 Å². The molecule has 1 aromatic rings. The van der Waals surface area contributed by atoms with Gasteiger partial charge in [0.05, 0.1) is 5.75 Å². The molecular weight excluding hydrogens is 278 g/mol. The molecule has 0 saturated heterocycles. The predicted octanol–water partition coefficient (Wildman–Crippen LogP) is 0.865. The van der Waals surface area contributed by atoms with Crippen molar-refractivity contribution in [2.75, 3.05) is 12.3 Å². The van der Waals surface area contributed by atoms with Crippen LogP contribution in [0.4, 0.5) is 0 Å². The number of aryl methyl sites for hydroxylation is 1. The zero-order valence-corrected chi connectivity index (χ0v) is 12.3. The maximum absolute atomic E-state index is 12.0. The summed E-state index contributed by atoms with van der Waals surface area (Å²) in [6.07, 6.45) is 6.90. The van der Waals surface area contributed by atoms with Gasteiger partial charge in [0.2, 0.25) is 20.9 Å². The third-order valence-electron chi connectivity index (χ3n) is 3.43. The molecule has 110 valence electrons. The molecule has 1 N–H and O–H groups in total. The van der Waals surface area contributed by atoms with Gasteiger partial charge in [-0.15, -0.1) is 0 Å². The third-order valence-corrected chi connectivity index (χ3v) is 4.94. The Bertz CT molecular complexity index is 563. The van der Waals surface area contributed by atoms with Crippen LogP contribution in [0.1, 0.15) is 31.2 Å². The zero-order chi connectivity index (χ0) is 14.6. The van der Waals surface area contributed by atoms with Crippen LogP contribution >= 0.6 is 0 Å². The molecular formula is C13H19N3O3S. The zero-order valence-electron chi connectivity index (χ0n) is 11.5. The minimum absolute atomic E-state index is 0.0393. The molecule has 1 aromatic heterocycles. The van der Waals surface area contributed by atoms with Crippen molar-refractivity contribution in [3.8, 4) is 0 Å². The summed E-state index contributed by atoms with van der Waals surface area (Å²) in [6, 6.07) is 0. The Kier molecular flexibility index (Phi) is 4.69. The van der Waals surface area contributed by atoms with E-state index in [4.69, 9.17) is 0 Å². The van der Waals surface area contributed by atoms with E-state index in [1.54, 1.807) is 6.92 Å². The van der Waals surface area contributed by atoms with Crippen molar-refractivity contribution in [2.45, 2.75) is 37.8 Å². The first-order valence-corrected chi connectivity index (χ1v) is 8.43. The predicted molar refractivity (Wildman–Crippen MR) is 73.8 cm³/mol. The Morgan fingerprint density at radius 2 is 1.90 bits per heavy atom. The normalized spacial score (nSPS) is 16.2. The highest BCUT2D eigenvalue weighted by Crippen LogP contribution is 2.24. The maximum Gasteiger partial charge on any atom is 0.247 e. The number of sulfone groups is 1. The molecule has 20 heavy (non-hydrogen) atoms. The van der Waals surface area contributed by atoms with Crippen LogP contribution in [0.3, 0.4) is 0 Å². The van der Waals surface area contributed by atoms with Crippen LogP contribution in [0.15, 0.2) is 17.6 Å². The fraction of sp³-hybridized carbons (Fsp3) is 0.615. The van der Waals surface area contributed by atoms with E-state index in [1.807, 2.05) is 0 Å². The molecule has 1 aliphatic carbocycles. The molecule has 0 bridgehead atoms. The largest absolute Gasteiger partial charge is 0.355 e. The Hall–Kier alpha value is -1.50. The van der Waals surface area contributed by atoms with Gasteiger partial charge in [-0.2, -0.15) is 0 Å². The first-order chi connectivity index (χ1) is 9.49. The molecule has 7 heteroatoms. The summed E-state index contributed by atoms with van der Waals surface area (Å²) >= 11 is 0. The average molecular weight is 297 g/mol. The average Bonchev–Trinajstić information content (AvgIpc) is 2.93. The van der Waals surface area contributed by atoms with Crippen LogP contribution in [0, 0.1) is 12.8 Å². The molecule has 2 rings (SSSR count). The van der Waals surface area contributed by atoms with Crippen LogP contribution in [0.2, 0.25) is 0 Å². The number of carbonyl (C=O) groups excluding carboxylic acids is 1. The lowest BCUT2D eigenvalue weighted by Crippen LogP contribution is -2.33. The number of rotatable bonds is 5. The van der Waals surface area contributed by atoms with E-state index in [2.05, 4.69) is 15.3 Å². The summed E-state index contributed by atoms with van der Waals surface area (Å²) < 4.78 is 23.9. The van der Waals surface area contributed by atoms with E-state index in [-0.39, 0.29) is 29.3 Å². The highest BCUT2D eigenvalue weighted by molar-refractivity contribution is 7.91.